The molecule has 0 unspecified atom stereocenters. The molecule has 7 nitrogen and oxygen atoms in total. The van der Waals surface area contributed by atoms with Crippen LogP contribution in [-0.2, 0) is 0 Å². The fourth-order valence-electron chi connectivity index (χ4n) is 3.35. The summed E-state index contributed by atoms with van der Waals surface area (Å²) in [7, 11) is 0. The summed E-state index contributed by atoms with van der Waals surface area (Å²) in [4.78, 5) is 35.9. The van der Waals surface area contributed by atoms with E-state index in [1.807, 2.05) is 0 Å². The Labute approximate surface area is 206 Å². The lowest BCUT2D eigenvalue weighted by Crippen LogP contribution is -2.17. The number of nitro groups is 1. The summed E-state index contributed by atoms with van der Waals surface area (Å²) >= 11 is 0. The molecule has 0 saturated heterocycles. The van der Waals surface area contributed by atoms with Crippen LogP contribution >= 0.6 is 0 Å². The molecule has 0 aliphatic rings. The zero-order valence-corrected chi connectivity index (χ0v) is 18.5. The lowest BCUT2D eigenvalue weighted by Gasteiger charge is -2.13. The highest BCUT2D eigenvalue weighted by Gasteiger charge is 2.21. The maximum absolute atomic E-state index is 14.4. The van der Waals surface area contributed by atoms with Crippen molar-refractivity contribution in [2.24, 2.45) is 0 Å². The second kappa shape index (κ2) is 10.3. The van der Waals surface area contributed by atoms with Crippen LogP contribution in [0.15, 0.2) is 78.9 Å². The molecule has 186 valence electrons. The minimum Gasteiger partial charge on any atom is -0.422 e. The Balaban J connectivity index is 1.72. The molecule has 1 N–H and O–H groups in total. The van der Waals surface area contributed by atoms with Gasteiger partial charge in [-0.05, 0) is 54.1 Å². The molecule has 0 fully saturated rings. The first kappa shape index (κ1) is 25.0. The second-order valence-electron chi connectivity index (χ2n) is 7.61. The van der Waals surface area contributed by atoms with Crippen LogP contribution in [0.2, 0.25) is 0 Å². The third-order valence-corrected chi connectivity index (χ3v) is 5.16. The number of nitro benzene ring substituents is 1. The van der Waals surface area contributed by atoms with Crippen molar-refractivity contribution in [2.75, 3.05) is 5.32 Å². The number of nitrogens with one attached hydrogen (secondary N) is 1. The molecule has 4 aromatic rings. The molecule has 0 atom stereocenters. The Morgan fingerprint density at radius 2 is 1.43 bits per heavy atom. The van der Waals surface area contributed by atoms with Gasteiger partial charge in [0.2, 0.25) is 0 Å². The summed E-state index contributed by atoms with van der Waals surface area (Å²) in [5.41, 5.74) is -1.01. The molecule has 0 aliphatic heterocycles. The molecule has 0 radical (unpaired) electrons. The van der Waals surface area contributed by atoms with Gasteiger partial charge in [-0.25, -0.2) is 22.4 Å². The van der Waals surface area contributed by atoms with Gasteiger partial charge in [0.05, 0.1) is 21.7 Å². The number of rotatable bonds is 6. The first-order chi connectivity index (χ1) is 17.6. The van der Waals surface area contributed by atoms with Gasteiger partial charge in [-0.3, -0.25) is 14.9 Å². The number of nitrogens with zero attached hydrogens (tertiary/aromatic N) is 1. The highest BCUT2D eigenvalue weighted by molar-refractivity contribution is 6.07. The zero-order chi connectivity index (χ0) is 26.7. The molecule has 1 amide bonds. The Morgan fingerprint density at radius 3 is 2.05 bits per heavy atom. The Hall–Kier alpha value is -5.06. The maximum atomic E-state index is 14.4. The van der Waals surface area contributed by atoms with Crippen molar-refractivity contribution in [1.29, 1.82) is 0 Å². The summed E-state index contributed by atoms with van der Waals surface area (Å²) in [6.07, 6.45) is 0. The van der Waals surface area contributed by atoms with Gasteiger partial charge in [-0.2, -0.15) is 0 Å². The summed E-state index contributed by atoms with van der Waals surface area (Å²) in [6, 6.07) is 13.3. The van der Waals surface area contributed by atoms with E-state index in [-0.39, 0.29) is 39.4 Å². The number of hydrogen-bond acceptors (Lipinski definition) is 5. The average molecular weight is 510 g/mol. The van der Waals surface area contributed by atoms with E-state index in [1.54, 1.807) is 0 Å². The van der Waals surface area contributed by atoms with Gasteiger partial charge < -0.3 is 10.1 Å². The molecule has 0 bridgehead atoms. The van der Waals surface area contributed by atoms with Crippen LogP contribution in [0.3, 0.4) is 0 Å². The van der Waals surface area contributed by atoms with E-state index in [4.69, 9.17) is 4.74 Å². The van der Waals surface area contributed by atoms with Crippen molar-refractivity contribution in [1.82, 2.24) is 0 Å². The summed E-state index contributed by atoms with van der Waals surface area (Å²) in [5, 5.41) is 13.1. The number of ether oxygens (including phenoxy) is 1. The quantitative estimate of drug-likeness (QED) is 0.108. The number of carbonyl (C=O) groups is 2. The van der Waals surface area contributed by atoms with Crippen LogP contribution in [0.1, 0.15) is 20.7 Å². The minimum atomic E-state index is -1.07. The van der Waals surface area contributed by atoms with E-state index in [0.29, 0.717) is 12.1 Å². The zero-order valence-electron chi connectivity index (χ0n) is 18.5. The van der Waals surface area contributed by atoms with Crippen molar-refractivity contribution in [3.8, 4) is 16.9 Å². The predicted octanol–water partition coefficient (Wildman–Crippen LogP) is 6.29. The lowest BCUT2D eigenvalue weighted by molar-refractivity contribution is -0.384. The molecule has 0 aromatic heterocycles. The SMILES string of the molecule is O=C(Oc1ccc(-c2ccc(F)cc2F)cc1C(=O)Nc1ccc(F)cc1F)c1ccc([N+](=O)[O-])cc1. The van der Waals surface area contributed by atoms with E-state index in [9.17, 15) is 37.3 Å². The summed E-state index contributed by atoms with van der Waals surface area (Å²) in [6.45, 7) is 0. The van der Waals surface area contributed by atoms with E-state index in [1.165, 1.54) is 12.1 Å². The minimum absolute atomic E-state index is 0.0725. The van der Waals surface area contributed by atoms with E-state index in [0.717, 1.165) is 54.6 Å². The highest BCUT2D eigenvalue weighted by atomic mass is 19.1. The standard InChI is InChI=1S/C26H14F4N2O5/c27-16-4-8-19(21(29)12-16)15-3-10-24(37-26(34)14-1-6-18(7-2-14)32(35)36)20(11-15)25(33)31-23-9-5-17(28)13-22(23)30/h1-13H,(H,31,33). The van der Waals surface area contributed by atoms with Crippen LogP contribution in [0.4, 0.5) is 28.9 Å². The number of anilines is 1. The Kier molecular flexibility index (Phi) is 6.96. The van der Waals surface area contributed by atoms with Crippen LogP contribution in [0.25, 0.3) is 11.1 Å². The van der Waals surface area contributed by atoms with Gasteiger partial charge in [0.15, 0.2) is 0 Å². The van der Waals surface area contributed by atoms with Gasteiger partial charge in [-0.15, -0.1) is 0 Å². The molecule has 0 heterocycles. The van der Waals surface area contributed by atoms with Crippen molar-refractivity contribution < 1.29 is 36.8 Å². The monoisotopic (exact) mass is 510 g/mol. The van der Waals surface area contributed by atoms with Gasteiger partial charge in [0.25, 0.3) is 11.6 Å². The summed E-state index contributed by atoms with van der Waals surface area (Å²) < 4.78 is 60.4. The van der Waals surface area contributed by atoms with Gasteiger partial charge >= 0.3 is 5.97 Å². The van der Waals surface area contributed by atoms with Crippen molar-refractivity contribution in [3.05, 3.63) is 123 Å². The third-order valence-electron chi connectivity index (χ3n) is 5.16. The highest BCUT2D eigenvalue weighted by Crippen LogP contribution is 2.30. The average Bonchev–Trinajstić information content (AvgIpc) is 2.86. The first-order valence-corrected chi connectivity index (χ1v) is 10.4. The van der Waals surface area contributed by atoms with Gasteiger partial charge in [0, 0.05) is 29.8 Å². The van der Waals surface area contributed by atoms with E-state index >= 15 is 0 Å². The number of non-ortho nitro benzene ring substituents is 1. The fourth-order valence-corrected chi connectivity index (χ4v) is 3.35. The molecule has 0 aliphatic carbocycles. The molecule has 37 heavy (non-hydrogen) atoms. The number of halogens is 4. The lowest BCUT2D eigenvalue weighted by atomic mass is 10.0. The Morgan fingerprint density at radius 1 is 0.784 bits per heavy atom. The van der Waals surface area contributed by atoms with Gasteiger partial charge in [0.1, 0.15) is 29.0 Å². The van der Waals surface area contributed by atoms with Crippen molar-refractivity contribution in [2.45, 2.75) is 0 Å². The molecule has 4 rings (SSSR count). The van der Waals surface area contributed by atoms with Crippen LogP contribution < -0.4 is 10.1 Å². The number of amides is 1. The molecule has 0 spiro atoms. The number of benzene rings is 4. The normalized spacial score (nSPS) is 10.6. The summed E-state index contributed by atoms with van der Waals surface area (Å²) in [5.74, 6) is -5.96. The van der Waals surface area contributed by atoms with E-state index in [2.05, 4.69) is 5.32 Å². The molecular weight excluding hydrogens is 496 g/mol. The number of esters is 1. The molecule has 4 aromatic carbocycles. The smallest absolute Gasteiger partial charge is 0.343 e. The molecule has 11 heteroatoms. The topological polar surface area (TPSA) is 98.5 Å². The number of carbonyl (C=O) groups excluding carboxylic acids is 2. The molecular formula is C26H14F4N2O5. The first-order valence-electron chi connectivity index (χ1n) is 10.4. The predicted molar refractivity (Wildman–Crippen MR) is 124 cm³/mol. The van der Waals surface area contributed by atoms with E-state index < -0.39 is 40.1 Å². The van der Waals surface area contributed by atoms with Crippen molar-refractivity contribution >= 4 is 23.3 Å². The second-order valence-corrected chi connectivity index (χ2v) is 7.61. The molecule has 0 saturated carbocycles. The maximum Gasteiger partial charge on any atom is 0.343 e. The van der Waals surface area contributed by atoms with Crippen molar-refractivity contribution in [3.63, 3.8) is 0 Å². The largest absolute Gasteiger partial charge is 0.422 e. The van der Waals surface area contributed by atoms with Crippen LogP contribution in [-0.4, -0.2) is 16.8 Å². The Bertz CT molecular complexity index is 1540. The third kappa shape index (κ3) is 5.61. The fraction of sp³-hybridized carbons (Fsp3) is 0. The van der Waals surface area contributed by atoms with Crippen LogP contribution in [0.5, 0.6) is 5.75 Å². The number of hydrogen-bond donors (Lipinski definition) is 1. The van der Waals surface area contributed by atoms with Gasteiger partial charge in [-0.1, -0.05) is 6.07 Å². The van der Waals surface area contributed by atoms with Crippen LogP contribution in [0, 0.1) is 33.4 Å².